The maximum absolute atomic E-state index is 2.54. The molecule has 1 aliphatic rings. The Morgan fingerprint density at radius 2 is 0.963 bits per heavy atom. The van der Waals surface area contributed by atoms with Gasteiger partial charge in [0, 0.05) is 28.4 Å². The van der Waals surface area contributed by atoms with Crippen LogP contribution in [-0.2, 0) is 45.1 Å². The fourth-order valence-corrected chi connectivity index (χ4v) is 9.12. The molecule has 1 atom stereocenters. The molecule has 6 aromatic rings. The zero-order chi connectivity index (χ0) is 37.2. The Morgan fingerprint density at radius 3 is 1.54 bits per heavy atom. The topological polar surface area (TPSA) is 4.93 Å². The van der Waals surface area contributed by atoms with Crippen molar-refractivity contribution in [1.29, 1.82) is 0 Å². The number of hydrogen-bond donors (Lipinski definition) is 0. The van der Waals surface area contributed by atoms with Gasteiger partial charge in [-0.05, 0) is 146 Å². The Morgan fingerprint density at radius 1 is 0.481 bits per heavy atom. The van der Waals surface area contributed by atoms with Gasteiger partial charge in [-0.2, -0.15) is 0 Å². The van der Waals surface area contributed by atoms with Gasteiger partial charge in [-0.15, -0.1) is 0 Å². The highest BCUT2D eigenvalue weighted by atomic mass is 15.0. The molecule has 54 heavy (non-hydrogen) atoms. The lowest BCUT2D eigenvalue weighted by Gasteiger charge is -2.27. The van der Waals surface area contributed by atoms with Gasteiger partial charge in [0.25, 0.3) is 0 Å². The van der Waals surface area contributed by atoms with E-state index < -0.39 is 0 Å². The Labute approximate surface area is 327 Å². The molecule has 7 rings (SSSR count). The summed E-state index contributed by atoms with van der Waals surface area (Å²) >= 11 is 0. The van der Waals surface area contributed by atoms with Gasteiger partial charge in [0.2, 0.25) is 0 Å². The highest BCUT2D eigenvalue weighted by Gasteiger charge is 2.20. The second-order valence-corrected chi connectivity index (χ2v) is 17.8. The van der Waals surface area contributed by atoms with Crippen LogP contribution in [0.1, 0.15) is 136 Å². The summed E-state index contributed by atoms with van der Waals surface area (Å²) in [5, 5.41) is 2.77. The predicted octanol–water partition coefficient (Wildman–Crippen LogP) is 14.6. The molecule has 1 nitrogen and oxygen atoms in total. The highest BCUT2D eigenvalue weighted by Crippen LogP contribution is 2.35. The molecule has 0 amide bonds. The third kappa shape index (κ3) is 10.3. The van der Waals surface area contributed by atoms with Crippen LogP contribution in [0.5, 0.6) is 0 Å². The molecule has 0 spiro atoms. The minimum Gasteiger partial charge on any atom is -0.340 e. The van der Waals surface area contributed by atoms with Gasteiger partial charge < -0.3 is 4.57 Å². The van der Waals surface area contributed by atoms with Crippen LogP contribution >= 0.6 is 0 Å². The first kappa shape index (κ1) is 38.2. The molecule has 282 valence electrons. The average molecular weight is 716 g/mol. The quantitative estimate of drug-likeness (QED) is 0.0694. The van der Waals surface area contributed by atoms with Gasteiger partial charge in [0.05, 0.1) is 0 Å². The third-order valence-corrected chi connectivity index (χ3v) is 12.2. The largest absolute Gasteiger partial charge is 0.340 e. The van der Waals surface area contributed by atoms with Crippen LogP contribution in [0.2, 0.25) is 0 Å². The van der Waals surface area contributed by atoms with Gasteiger partial charge in [0.1, 0.15) is 0 Å². The van der Waals surface area contributed by atoms with Gasteiger partial charge in [-0.3, -0.25) is 0 Å². The molecule has 0 saturated heterocycles. The summed E-state index contributed by atoms with van der Waals surface area (Å²) < 4.78 is 2.54. The van der Waals surface area contributed by atoms with Crippen molar-refractivity contribution in [2.24, 2.45) is 5.41 Å². The van der Waals surface area contributed by atoms with Crippen molar-refractivity contribution in [1.82, 2.24) is 4.57 Å². The first-order valence-corrected chi connectivity index (χ1v) is 21.6. The Hall–Kier alpha value is -4.10. The van der Waals surface area contributed by atoms with E-state index in [2.05, 4.69) is 141 Å². The summed E-state index contributed by atoms with van der Waals surface area (Å²) in [5.41, 5.74) is 13.8. The first-order valence-electron chi connectivity index (χ1n) is 21.6. The molecule has 0 saturated carbocycles. The first-order chi connectivity index (χ1) is 26.4. The van der Waals surface area contributed by atoms with Crippen LogP contribution in [0.25, 0.3) is 21.8 Å². The molecule has 1 heteroatoms. The number of nitrogens with zero attached hydrogens (tertiary/aromatic N) is 1. The van der Waals surface area contributed by atoms with Crippen molar-refractivity contribution < 1.29 is 0 Å². The lowest BCUT2D eigenvalue weighted by molar-refractivity contribution is 0.328. The molecule has 1 aliphatic carbocycles. The zero-order valence-corrected chi connectivity index (χ0v) is 33.7. The van der Waals surface area contributed by atoms with E-state index in [1.807, 2.05) is 0 Å². The molecule has 1 unspecified atom stereocenters. The number of aromatic nitrogens is 1. The van der Waals surface area contributed by atoms with E-state index in [1.165, 1.54) is 159 Å². The van der Waals surface area contributed by atoms with Crippen molar-refractivity contribution in [3.05, 3.63) is 154 Å². The number of rotatable bonds is 20. The van der Waals surface area contributed by atoms with Crippen molar-refractivity contribution in [2.75, 3.05) is 0 Å². The summed E-state index contributed by atoms with van der Waals surface area (Å²) in [6.45, 7) is 8.32. The molecule has 0 radical (unpaired) electrons. The van der Waals surface area contributed by atoms with E-state index in [1.54, 1.807) is 11.1 Å². The molecular formula is C53H65N. The number of unbranched alkanes of at least 4 members (excludes halogenated alkanes) is 6. The van der Waals surface area contributed by atoms with E-state index in [4.69, 9.17) is 0 Å². The number of fused-ring (bicyclic) bond motifs is 4. The molecule has 0 bridgehead atoms. The SMILES string of the molecule is CC(C)(C)CC(CCCc1ccc(CCCCCCCCn2c3ccccc3c3ccccc32)cc1)c1ccc(CCCCc2ccc3c(c2)CC3)cc1. The summed E-state index contributed by atoms with van der Waals surface area (Å²) in [6, 6.07) is 44.3. The second kappa shape index (κ2) is 18.5. The number of aryl methyl sites for hydroxylation is 7. The summed E-state index contributed by atoms with van der Waals surface area (Å²) in [4.78, 5) is 0. The van der Waals surface area contributed by atoms with Crippen molar-refractivity contribution in [3.8, 4) is 0 Å². The van der Waals surface area contributed by atoms with E-state index in [-0.39, 0.29) is 0 Å². The average Bonchev–Trinajstić information content (AvgIpc) is 3.48. The number of benzene rings is 5. The lowest BCUT2D eigenvalue weighted by atomic mass is 9.79. The van der Waals surface area contributed by atoms with Gasteiger partial charge in [-0.1, -0.05) is 150 Å². The van der Waals surface area contributed by atoms with Crippen LogP contribution in [0.3, 0.4) is 0 Å². The molecule has 0 N–H and O–H groups in total. The van der Waals surface area contributed by atoms with E-state index in [0.29, 0.717) is 11.3 Å². The predicted molar refractivity (Wildman–Crippen MR) is 234 cm³/mol. The van der Waals surface area contributed by atoms with E-state index in [9.17, 15) is 0 Å². The van der Waals surface area contributed by atoms with Gasteiger partial charge >= 0.3 is 0 Å². The normalized spacial score (nSPS) is 13.3. The molecule has 0 fully saturated rings. The Kier molecular flexibility index (Phi) is 13.1. The highest BCUT2D eigenvalue weighted by molar-refractivity contribution is 6.07. The second-order valence-electron chi connectivity index (χ2n) is 17.8. The molecule has 5 aromatic carbocycles. The van der Waals surface area contributed by atoms with E-state index >= 15 is 0 Å². The van der Waals surface area contributed by atoms with Crippen molar-refractivity contribution in [3.63, 3.8) is 0 Å². The van der Waals surface area contributed by atoms with Crippen LogP contribution in [0.4, 0.5) is 0 Å². The molecular weight excluding hydrogens is 651 g/mol. The summed E-state index contributed by atoms with van der Waals surface area (Å²) in [6.07, 6.45) is 21.6. The van der Waals surface area contributed by atoms with Crippen molar-refractivity contribution >= 4 is 21.8 Å². The van der Waals surface area contributed by atoms with E-state index in [0.717, 1.165) is 6.54 Å². The monoisotopic (exact) mass is 716 g/mol. The molecule has 1 heterocycles. The Balaban J connectivity index is 0.784. The van der Waals surface area contributed by atoms with Crippen LogP contribution in [-0.4, -0.2) is 4.57 Å². The van der Waals surface area contributed by atoms with Gasteiger partial charge in [0.15, 0.2) is 0 Å². The van der Waals surface area contributed by atoms with Crippen LogP contribution in [0, 0.1) is 5.41 Å². The maximum Gasteiger partial charge on any atom is 0.0491 e. The van der Waals surface area contributed by atoms with Crippen LogP contribution < -0.4 is 0 Å². The summed E-state index contributed by atoms with van der Waals surface area (Å²) in [7, 11) is 0. The van der Waals surface area contributed by atoms with Crippen molar-refractivity contribution in [2.45, 2.75) is 142 Å². The third-order valence-electron chi connectivity index (χ3n) is 12.2. The minimum atomic E-state index is 0.330. The number of hydrogen-bond acceptors (Lipinski definition) is 0. The fraction of sp³-hybridized carbons (Fsp3) is 0.434. The molecule has 0 aliphatic heterocycles. The lowest BCUT2D eigenvalue weighted by Crippen LogP contribution is -2.12. The van der Waals surface area contributed by atoms with Gasteiger partial charge in [-0.25, -0.2) is 0 Å². The standard InChI is InChI=1S/C53H65N/c1-53(2,3)40-48(46-33-30-42(31-34-46)18-9-10-19-44-32-35-45-36-37-47(45)39-44)21-16-20-43-28-26-41(27-29-43)17-8-6-4-5-7-15-38-54-51-24-13-11-22-49(51)50-23-12-14-25-52(50)54/h11-14,22-35,39,48H,4-10,15-21,36-38,40H2,1-3H3. The fourth-order valence-electron chi connectivity index (χ4n) is 9.12. The summed E-state index contributed by atoms with van der Waals surface area (Å²) in [5.74, 6) is 0.628. The maximum atomic E-state index is 2.54. The minimum absolute atomic E-state index is 0.330. The van der Waals surface area contributed by atoms with Crippen LogP contribution in [0.15, 0.2) is 115 Å². The zero-order valence-electron chi connectivity index (χ0n) is 33.7. The smallest absolute Gasteiger partial charge is 0.0491 e. The number of para-hydroxylation sites is 2. The molecule has 1 aromatic heterocycles. The Bertz CT molecular complexity index is 2000.